The van der Waals surface area contributed by atoms with Crippen LogP contribution in [0.15, 0.2) is 82.6 Å². The first-order valence-electron chi connectivity index (χ1n) is 9.17. The third kappa shape index (κ3) is 4.87. The summed E-state index contributed by atoms with van der Waals surface area (Å²) in [5.41, 5.74) is 1.03. The van der Waals surface area contributed by atoms with E-state index in [2.05, 4.69) is 10.2 Å². The number of furan rings is 1. The molecule has 0 spiro atoms. The van der Waals surface area contributed by atoms with Gasteiger partial charge in [0, 0.05) is 17.9 Å². The van der Waals surface area contributed by atoms with Gasteiger partial charge in [0.15, 0.2) is 11.0 Å². The number of rotatable bonds is 9. The van der Waals surface area contributed by atoms with Crippen LogP contribution in [0.5, 0.6) is 5.75 Å². The summed E-state index contributed by atoms with van der Waals surface area (Å²) in [6.45, 7) is 0.756. The average molecular weight is 422 g/mol. The Morgan fingerprint density at radius 1 is 1.03 bits per heavy atom. The summed E-state index contributed by atoms with van der Waals surface area (Å²) in [5, 5.41) is 20.1. The van der Waals surface area contributed by atoms with Gasteiger partial charge in [0.25, 0.3) is 5.69 Å². The molecule has 2 aromatic heterocycles. The molecule has 30 heavy (non-hydrogen) atoms. The number of benzene rings is 2. The second-order valence-electron chi connectivity index (χ2n) is 6.38. The Kier molecular flexibility index (Phi) is 6.09. The van der Waals surface area contributed by atoms with Gasteiger partial charge in [-0.05, 0) is 29.8 Å². The molecule has 4 aromatic rings. The van der Waals surface area contributed by atoms with Crippen molar-refractivity contribution in [2.24, 2.45) is 0 Å². The third-order valence-electron chi connectivity index (χ3n) is 4.31. The molecular weight excluding hydrogens is 404 g/mol. The van der Waals surface area contributed by atoms with Crippen LogP contribution in [0.1, 0.15) is 17.1 Å². The van der Waals surface area contributed by atoms with E-state index >= 15 is 0 Å². The molecule has 8 nitrogen and oxygen atoms in total. The highest BCUT2D eigenvalue weighted by molar-refractivity contribution is 7.98. The Hall–Kier alpha value is -3.59. The molecule has 2 aromatic carbocycles. The Morgan fingerprint density at radius 3 is 2.53 bits per heavy atom. The summed E-state index contributed by atoms with van der Waals surface area (Å²) in [6, 6.07) is 19.8. The SMILES string of the molecule is O=[N+]([O-])c1ccc(CSc2nnc(COc3ccccc3)n2Cc2ccco2)cc1. The van der Waals surface area contributed by atoms with E-state index in [1.54, 1.807) is 18.4 Å². The Labute approximate surface area is 176 Å². The molecule has 0 radical (unpaired) electrons. The van der Waals surface area contributed by atoms with Crippen molar-refractivity contribution < 1.29 is 14.1 Å². The van der Waals surface area contributed by atoms with Crippen molar-refractivity contribution >= 4 is 17.4 Å². The summed E-state index contributed by atoms with van der Waals surface area (Å²) < 4.78 is 13.3. The van der Waals surface area contributed by atoms with Gasteiger partial charge in [-0.15, -0.1) is 10.2 Å². The maximum Gasteiger partial charge on any atom is 0.269 e. The minimum Gasteiger partial charge on any atom is -0.486 e. The monoisotopic (exact) mass is 422 g/mol. The zero-order valence-corrected chi connectivity index (χ0v) is 16.7. The molecule has 0 bridgehead atoms. The lowest BCUT2D eigenvalue weighted by Crippen LogP contribution is -2.09. The molecule has 0 amide bonds. The normalized spacial score (nSPS) is 10.8. The standard InChI is InChI=1S/C21H18N4O4S/c26-25(27)17-10-8-16(9-11-17)15-30-21-23-22-20(14-29-18-5-2-1-3-6-18)24(21)13-19-7-4-12-28-19/h1-12H,13-15H2. The van der Waals surface area contributed by atoms with Crippen LogP contribution in [-0.2, 0) is 18.9 Å². The van der Waals surface area contributed by atoms with Crippen LogP contribution in [0, 0.1) is 10.1 Å². The molecule has 0 aliphatic heterocycles. The van der Waals surface area contributed by atoms with Gasteiger partial charge < -0.3 is 9.15 Å². The molecule has 0 aliphatic carbocycles. The molecule has 0 fully saturated rings. The number of thioether (sulfide) groups is 1. The van der Waals surface area contributed by atoms with Crippen molar-refractivity contribution in [1.82, 2.24) is 14.8 Å². The molecule has 0 aliphatic rings. The maximum absolute atomic E-state index is 10.8. The van der Waals surface area contributed by atoms with E-state index < -0.39 is 4.92 Å². The van der Waals surface area contributed by atoms with Crippen molar-refractivity contribution in [1.29, 1.82) is 0 Å². The van der Waals surface area contributed by atoms with Crippen molar-refractivity contribution in [3.8, 4) is 5.75 Å². The predicted octanol–water partition coefficient (Wildman–Crippen LogP) is 4.70. The fraction of sp³-hybridized carbons (Fsp3) is 0.143. The highest BCUT2D eigenvalue weighted by Gasteiger charge is 2.15. The van der Waals surface area contributed by atoms with E-state index in [4.69, 9.17) is 9.15 Å². The zero-order valence-electron chi connectivity index (χ0n) is 15.9. The minimum atomic E-state index is -0.407. The number of ether oxygens (including phenoxy) is 1. The lowest BCUT2D eigenvalue weighted by Gasteiger charge is -2.10. The van der Waals surface area contributed by atoms with Gasteiger partial charge in [-0.2, -0.15) is 0 Å². The van der Waals surface area contributed by atoms with Gasteiger partial charge in [-0.3, -0.25) is 14.7 Å². The number of nitro benzene ring substituents is 1. The molecule has 0 N–H and O–H groups in total. The number of nitrogens with zero attached hydrogens (tertiary/aromatic N) is 4. The Bertz CT molecular complexity index is 1100. The molecule has 9 heteroatoms. The molecular formula is C21H18N4O4S. The van der Waals surface area contributed by atoms with E-state index in [1.165, 1.54) is 23.9 Å². The Morgan fingerprint density at radius 2 is 1.83 bits per heavy atom. The lowest BCUT2D eigenvalue weighted by atomic mass is 10.2. The van der Waals surface area contributed by atoms with Crippen LogP contribution in [0.25, 0.3) is 0 Å². The van der Waals surface area contributed by atoms with Crippen LogP contribution in [0.4, 0.5) is 5.69 Å². The number of non-ortho nitro benzene ring substituents is 1. The van der Waals surface area contributed by atoms with Crippen LogP contribution in [-0.4, -0.2) is 19.7 Å². The van der Waals surface area contributed by atoms with E-state index in [0.717, 1.165) is 22.2 Å². The first kappa shape index (κ1) is 19.7. The molecule has 0 saturated heterocycles. The molecule has 0 saturated carbocycles. The molecule has 0 atom stereocenters. The smallest absolute Gasteiger partial charge is 0.269 e. The number of hydrogen-bond acceptors (Lipinski definition) is 7. The fourth-order valence-electron chi connectivity index (χ4n) is 2.78. The third-order valence-corrected chi connectivity index (χ3v) is 5.35. The number of hydrogen-bond donors (Lipinski definition) is 0. The number of nitro groups is 1. The molecule has 0 unspecified atom stereocenters. The van der Waals surface area contributed by atoms with Gasteiger partial charge in [0.1, 0.15) is 18.1 Å². The summed E-state index contributed by atoms with van der Waals surface area (Å²) >= 11 is 1.50. The first-order valence-corrected chi connectivity index (χ1v) is 10.2. The zero-order chi connectivity index (χ0) is 20.8. The van der Waals surface area contributed by atoms with E-state index in [-0.39, 0.29) is 12.3 Å². The van der Waals surface area contributed by atoms with Crippen molar-refractivity contribution in [2.75, 3.05) is 0 Å². The van der Waals surface area contributed by atoms with Crippen LogP contribution in [0.2, 0.25) is 0 Å². The molecule has 152 valence electrons. The van der Waals surface area contributed by atoms with Gasteiger partial charge >= 0.3 is 0 Å². The molecule has 4 rings (SSSR count). The van der Waals surface area contributed by atoms with Gasteiger partial charge in [-0.25, -0.2) is 0 Å². The van der Waals surface area contributed by atoms with Gasteiger partial charge in [0.05, 0.1) is 17.7 Å². The minimum absolute atomic E-state index is 0.0742. The number of para-hydroxylation sites is 1. The summed E-state index contributed by atoms with van der Waals surface area (Å²) in [7, 11) is 0. The van der Waals surface area contributed by atoms with Gasteiger partial charge in [0.2, 0.25) is 0 Å². The number of aromatic nitrogens is 3. The van der Waals surface area contributed by atoms with Crippen molar-refractivity contribution in [3.05, 3.63) is 100 Å². The quantitative estimate of drug-likeness (QED) is 0.219. The molecule has 2 heterocycles. The van der Waals surface area contributed by atoms with E-state index in [9.17, 15) is 10.1 Å². The summed E-state index contributed by atoms with van der Waals surface area (Å²) in [6.07, 6.45) is 1.63. The first-order chi connectivity index (χ1) is 14.7. The highest BCUT2D eigenvalue weighted by Crippen LogP contribution is 2.25. The van der Waals surface area contributed by atoms with Gasteiger partial charge in [-0.1, -0.05) is 42.1 Å². The lowest BCUT2D eigenvalue weighted by molar-refractivity contribution is -0.384. The summed E-state index contributed by atoms with van der Waals surface area (Å²) in [4.78, 5) is 10.4. The predicted molar refractivity (Wildman–Crippen MR) is 111 cm³/mol. The maximum atomic E-state index is 10.8. The second-order valence-corrected chi connectivity index (χ2v) is 7.32. The van der Waals surface area contributed by atoms with E-state index in [1.807, 2.05) is 47.0 Å². The fourth-order valence-corrected chi connectivity index (χ4v) is 3.69. The van der Waals surface area contributed by atoms with Crippen LogP contribution < -0.4 is 4.74 Å². The second kappa shape index (κ2) is 9.27. The average Bonchev–Trinajstić information content (AvgIpc) is 3.42. The van der Waals surface area contributed by atoms with Crippen LogP contribution in [0.3, 0.4) is 0 Å². The van der Waals surface area contributed by atoms with Crippen molar-refractivity contribution in [3.63, 3.8) is 0 Å². The largest absolute Gasteiger partial charge is 0.486 e. The highest BCUT2D eigenvalue weighted by atomic mass is 32.2. The van der Waals surface area contributed by atoms with Crippen molar-refractivity contribution in [2.45, 2.75) is 24.1 Å². The van der Waals surface area contributed by atoms with Crippen LogP contribution >= 0.6 is 11.8 Å². The topological polar surface area (TPSA) is 96.2 Å². The Balaban J connectivity index is 1.49. The van der Waals surface area contributed by atoms with E-state index in [0.29, 0.717) is 18.1 Å². The summed E-state index contributed by atoms with van der Waals surface area (Å²) in [5.74, 6) is 2.83.